The van der Waals surface area contributed by atoms with Crippen molar-refractivity contribution in [2.45, 2.75) is 13.1 Å². The lowest BCUT2D eigenvalue weighted by molar-refractivity contribution is 0.0949. The number of methoxy groups -OCH3 is 2. The molecule has 0 atom stereocenters. The fourth-order valence-electron chi connectivity index (χ4n) is 3.11. The lowest BCUT2D eigenvalue weighted by Gasteiger charge is -2.11. The van der Waals surface area contributed by atoms with Crippen LogP contribution >= 0.6 is 0 Å². The highest BCUT2D eigenvalue weighted by Gasteiger charge is 2.13. The van der Waals surface area contributed by atoms with Crippen LogP contribution in [0, 0.1) is 0 Å². The largest absolute Gasteiger partial charge is 0.493 e. The van der Waals surface area contributed by atoms with Gasteiger partial charge in [0.25, 0.3) is 11.8 Å². The summed E-state index contributed by atoms with van der Waals surface area (Å²) in [5, 5.41) is 5.69. The minimum absolute atomic E-state index is 0.244. The third kappa shape index (κ3) is 5.89. The molecule has 0 unspecified atom stereocenters. The number of rotatable bonds is 9. The Hall–Kier alpha value is -3.78. The van der Waals surface area contributed by atoms with E-state index >= 15 is 0 Å². The molecule has 0 aliphatic heterocycles. The van der Waals surface area contributed by atoms with Gasteiger partial charge in [-0.2, -0.15) is 0 Å². The molecule has 0 spiro atoms. The molecular weight excluding hydrogens is 410 g/mol. The first-order chi connectivity index (χ1) is 15.4. The molecule has 168 valence electrons. The van der Waals surface area contributed by atoms with E-state index in [9.17, 15) is 9.59 Å². The lowest BCUT2D eigenvalue weighted by atomic mass is 10.1. The molecule has 0 saturated carbocycles. The highest BCUT2D eigenvalue weighted by Crippen LogP contribution is 2.27. The molecule has 0 radical (unpaired) electrons. The summed E-state index contributed by atoms with van der Waals surface area (Å²) < 4.78 is 16.0. The van der Waals surface area contributed by atoms with Gasteiger partial charge in [0.15, 0.2) is 17.3 Å². The van der Waals surface area contributed by atoms with Crippen LogP contribution in [0.3, 0.4) is 0 Å². The molecule has 8 nitrogen and oxygen atoms in total. The fourth-order valence-corrected chi connectivity index (χ4v) is 3.11. The van der Waals surface area contributed by atoms with Crippen LogP contribution in [0.25, 0.3) is 0 Å². The number of furan rings is 1. The van der Waals surface area contributed by atoms with E-state index in [0.717, 1.165) is 5.56 Å². The molecule has 0 bridgehead atoms. The summed E-state index contributed by atoms with van der Waals surface area (Å²) >= 11 is 0. The number of hydrogen-bond acceptors (Lipinski definition) is 6. The van der Waals surface area contributed by atoms with Crippen LogP contribution in [0.15, 0.2) is 59.0 Å². The minimum Gasteiger partial charge on any atom is -0.493 e. The molecule has 2 aromatic carbocycles. The maximum Gasteiger partial charge on any atom is 0.291 e. The van der Waals surface area contributed by atoms with Crippen molar-refractivity contribution >= 4 is 17.5 Å². The van der Waals surface area contributed by atoms with Crippen LogP contribution in [-0.4, -0.2) is 45.0 Å². The van der Waals surface area contributed by atoms with Gasteiger partial charge in [0.05, 0.1) is 20.8 Å². The molecule has 0 aliphatic carbocycles. The van der Waals surface area contributed by atoms with Crippen LogP contribution in [0.2, 0.25) is 0 Å². The van der Waals surface area contributed by atoms with Gasteiger partial charge in [-0.15, -0.1) is 0 Å². The van der Waals surface area contributed by atoms with Gasteiger partial charge in [0.1, 0.15) is 5.76 Å². The van der Waals surface area contributed by atoms with E-state index in [1.807, 2.05) is 31.1 Å². The van der Waals surface area contributed by atoms with E-state index in [4.69, 9.17) is 13.9 Å². The molecule has 3 rings (SSSR count). The molecule has 0 saturated heterocycles. The number of ether oxygens (including phenoxy) is 2. The third-order valence-electron chi connectivity index (χ3n) is 4.64. The summed E-state index contributed by atoms with van der Waals surface area (Å²) in [6.45, 7) is 0.910. The van der Waals surface area contributed by atoms with Gasteiger partial charge < -0.3 is 29.4 Å². The van der Waals surface area contributed by atoms with Crippen LogP contribution in [0.1, 0.15) is 32.2 Å². The predicted octanol–water partition coefficient (Wildman–Crippen LogP) is 3.54. The molecule has 1 heterocycles. The molecule has 2 amide bonds. The van der Waals surface area contributed by atoms with E-state index in [1.165, 1.54) is 14.2 Å². The molecule has 32 heavy (non-hydrogen) atoms. The monoisotopic (exact) mass is 437 g/mol. The normalized spacial score (nSPS) is 10.7. The molecule has 8 heteroatoms. The number of carbonyl (C=O) groups is 2. The number of amides is 2. The van der Waals surface area contributed by atoms with Crippen LogP contribution in [0.4, 0.5) is 5.69 Å². The third-order valence-corrected chi connectivity index (χ3v) is 4.64. The van der Waals surface area contributed by atoms with Gasteiger partial charge in [-0.3, -0.25) is 9.59 Å². The molecule has 0 aliphatic rings. The standard InChI is InChI=1S/C24H27N3O5/c1-27(2)15-19-9-11-21(32-19)24(29)26-18-7-5-6-16(12-18)14-25-23(28)17-8-10-20(30-3)22(13-17)31-4/h5-13H,14-15H2,1-4H3,(H,25,28)(H,26,29). The Balaban J connectivity index is 1.60. The zero-order valence-electron chi connectivity index (χ0n) is 18.6. The van der Waals surface area contributed by atoms with Gasteiger partial charge in [-0.05, 0) is 62.1 Å². The quantitative estimate of drug-likeness (QED) is 0.532. The second-order valence-corrected chi connectivity index (χ2v) is 7.41. The number of nitrogens with zero attached hydrogens (tertiary/aromatic N) is 1. The average Bonchev–Trinajstić information content (AvgIpc) is 3.25. The number of anilines is 1. The Bertz CT molecular complexity index is 1090. The van der Waals surface area contributed by atoms with Crippen molar-refractivity contribution in [1.82, 2.24) is 10.2 Å². The van der Waals surface area contributed by atoms with E-state index in [1.54, 1.807) is 42.5 Å². The number of hydrogen-bond donors (Lipinski definition) is 2. The van der Waals surface area contributed by atoms with Crippen molar-refractivity contribution in [2.75, 3.05) is 33.6 Å². The summed E-state index contributed by atoms with van der Waals surface area (Å²) in [5.74, 6) is 1.42. The number of nitrogens with one attached hydrogen (secondary N) is 2. The summed E-state index contributed by atoms with van der Waals surface area (Å²) in [6.07, 6.45) is 0. The minimum atomic E-state index is -0.332. The zero-order chi connectivity index (χ0) is 23.1. The summed E-state index contributed by atoms with van der Waals surface area (Å²) in [7, 11) is 6.92. The predicted molar refractivity (Wildman–Crippen MR) is 121 cm³/mol. The Labute approximate surface area is 187 Å². The van der Waals surface area contributed by atoms with Crippen molar-refractivity contribution in [3.63, 3.8) is 0 Å². The topological polar surface area (TPSA) is 93.0 Å². The zero-order valence-corrected chi connectivity index (χ0v) is 18.6. The first kappa shape index (κ1) is 22.9. The van der Waals surface area contributed by atoms with Crippen molar-refractivity contribution < 1.29 is 23.5 Å². The first-order valence-corrected chi connectivity index (χ1v) is 10.0. The Morgan fingerprint density at radius 1 is 0.938 bits per heavy atom. The lowest BCUT2D eigenvalue weighted by Crippen LogP contribution is -2.23. The van der Waals surface area contributed by atoms with Gasteiger partial charge in [0, 0.05) is 17.8 Å². The molecule has 1 aromatic heterocycles. The summed E-state index contributed by atoms with van der Waals surface area (Å²) in [5.41, 5.74) is 1.90. The molecule has 3 aromatic rings. The molecule has 2 N–H and O–H groups in total. The number of carbonyl (C=O) groups excluding carboxylic acids is 2. The van der Waals surface area contributed by atoms with E-state index < -0.39 is 0 Å². The first-order valence-electron chi connectivity index (χ1n) is 10.0. The van der Waals surface area contributed by atoms with Gasteiger partial charge in [-0.25, -0.2) is 0 Å². The maximum atomic E-state index is 12.5. The molecular formula is C24H27N3O5. The smallest absolute Gasteiger partial charge is 0.291 e. The Kier molecular flexibility index (Phi) is 7.51. The SMILES string of the molecule is COc1ccc(C(=O)NCc2cccc(NC(=O)c3ccc(CN(C)C)o3)c2)cc1OC. The fraction of sp³-hybridized carbons (Fsp3) is 0.250. The van der Waals surface area contributed by atoms with E-state index in [0.29, 0.717) is 41.6 Å². The highest BCUT2D eigenvalue weighted by molar-refractivity contribution is 6.02. The Morgan fingerprint density at radius 2 is 1.72 bits per heavy atom. The van der Waals surface area contributed by atoms with Crippen molar-refractivity contribution in [3.05, 3.63) is 77.2 Å². The van der Waals surface area contributed by atoms with E-state index in [-0.39, 0.29) is 17.6 Å². The van der Waals surface area contributed by atoms with Crippen LogP contribution in [0.5, 0.6) is 11.5 Å². The van der Waals surface area contributed by atoms with Gasteiger partial charge in [-0.1, -0.05) is 12.1 Å². The van der Waals surface area contributed by atoms with Gasteiger partial charge >= 0.3 is 0 Å². The van der Waals surface area contributed by atoms with Crippen LogP contribution in [-0.2, 0) is 13.1 Å². The molecule has 0 fully saturated rings. The maximum absolute atomic E-state index is 12.5. The average molecular weight is 437 g/mol. The second kappa shape index (κ2) is 10.5. The van der Waals surface area contributed by atoms with Crippen molar-refractivity contribution in [2.24, 2.45) is 0 Å². The van der Waals surface area contributed by atoms with Crippen molar-refractivity contribution in [3.8, 4) is 11.5 Å². The van der Waals surface area contributed by atoms with Gasteiger partial charge in [0.2, 0.25) is 0 Å². The van der Waals surface area contributed by atoms with Crippen molar-refractivity contribution in [1.29, 1.82) is 0 Å². The highest BCUT2D eigenvalue weighted by atomic mass is 16.5. The van der Waals surface area contributed by atoms with E-state index in [2.05, 4.69) is 10.6 Å². The van der Waals surface area contributed by atoms with Crippen LogP contribution < -0.4 is 20.1 Å². The Morgan fingerprint density at radius 3 is 2.44 bits per heavy atom. The second-order valence-electron chi connectivity index (χ2n) is 7.41. The summed E-state index contributed by atoms with van der Waals surface area (Å²) in [6, 6.07) is 15.7. The summed E-state index contributed by atoms with van der Waals surface area (Å²) in [4.78, 5) is 27.0. The number of benzene rings is 2.